The van der Waals surface area contributed by atoms with Crippen LogP contribution >= 0.6 is 0 Å². The van der Waals surface area contributed by atoms with Crippen molar-refractivity contribution in [3.05, 3.63) is 71.3 Å². The summed E-state index contributed by atoms with van der Waals surface area (Å²) in [5.41, 5.74) is 2.00. The van der Waals surface area contributed by atoms with E-state index < -0.39 is 5.72 Å². The molecule has 0 aromatic heterocycles. The van der Waals surface area contributed by atoms with Gasteiger partial charge in [-0.05, 0) is 17.5 Å². The third-order valence-corrected chi connectivity index (χ3v) is 3.97. The number of hydrogen-bond acceptors (Lipinski definition) is 2. The first-order chi connectivity index (χ1) is 9.74. The van der Waals surface area contributed by atoms with Crippen molar-refractivity contribution in [1.82, 2.24) is 4.90 Å². The van der Waals surface area contributed by atoms with Crippen LogP contribution in [-0.4, -0.2) is 16.6 Å². The third kappa shape index (κ3) is 2.12. The first kappa shape index (κ1) is 12.9. The normalized spacial score (nSPS) is 17.8. The van der Waals surface area contributed by atoms with Crippen LogP contribution < -0.4 is 0 Å². The first-order valence-corrected chi connectivity index (χ1v) is 6.81. The molecule has 0 spiro atoms. The molecule has 0 aliphatic carbocycles. The van der Waals surface area contributed by atoms with Gasteiger partial charge in [-0.1, -0.05) is 60.5 Å². The number of terminal acetylenes is 1. The number of fused-ring (bicyclic) bond motifs is 1. The fourth-order valence-corrected chi connectivity index (χ4v) is 2.80. The largest absolute Gasteiger partial charge is 0.361 e. The topological polar surface area (TPSA) is 23.5 Å². The summed E-state index contributed by atoms with van der Waals surface area (Å²) < 4.78 is 0. The van der Waals surface area contributed by atoms with Crippen LogP contribution in [0.15, 0.2) is 54.6 Å². The average molecular weight is 263 g/mol. The van der Waals surface area contributed by atoms with Crippen LogP contribution in [0.4, 0.5) is 0 Å². The van der Waals surface area contributed by atoms with E-state index in [0.717, 1.165) is 18.5 Å². The molecule has 0 radical (unpaired) electrons. The summed E-state index contributed by atoms with van der Waals surface area (Å²) in [5, 5.41) is 10.9. The van der Waals surface area contributed by atoms with Crippen LogP contribution in [-0.2, 0) is 18.7 Å². The molecular formula is C18H17NO. The highest BCUT2D eigenvalue weighted by atomic mass is 16.3. The van der Waals surface area contributed by atoms with E-state index in [1.54, 1.807) is 0 Å². The minimum atomic E-state index is -1.34. The van der Waals surface area contributed by atoms with E-state index in [1.807, 2.05) is 41.3 Å². The summed E-state index contributed by atoms with van der Waals surface area (Å²) in [4.78, 5) is 1.96. The second-order valence-corrected chi connectivity index (χ2v) is 5.12. The quantitative estimate of drug-likeness (QED) is 0.842. The average Bonchev–Trinajstić information content (AvgIpc) is 2.54. The van der Waals surface area contributed by atoms with Gasteiger partial charge in [0, 0.05) is 18.7 Å². The maximum Gasteiger partial charge on any atom is 0.209 e. The highest BCUT2D eigenvalue weighted by Crippen LogP contribution is 2.30. The lowest BCUT2D eigenvalue weighted by atomic mass is 9.94. The van der Waals surface area contributed by atoms with E-state index in [4.69, 9.17) is 6.42 Å². The highest BCUT2D eigenvalue weighted by Gasteiger charge is 2.36. The Balaban J connectivity index is 1.95. The predicted octanol–water partition coefficient (Wildman–Crippen LogP) is 2.52. The third-order valence-electron chi connectivity index (χ3n) is 3.97. The molecule has 1 unspecified atom stereocenters. The van der Waals surface area contributed by atoms with E-state index in [2.05, 4.69) is 24.1 Å². The standard InChI is InChI=1S/C18H17NO/c1-2-18(20,17-10-4-3-5-11-17)19-13-12-15-8-6-7-9-16(15)14-19/h1,3-11,20H,12-14H2. The van der Waals surface area contributed by atoms with Crippen molar-refractivity contribution < 1.29 is 5.11 Å². The van der Waals surface area contributed by atoms with Crippen LogP contribution in [0, 0.1) is 12.3 Å². The van der Waals surface area contributed by atoms with Gasteiger partial charge in [-0.3, -0.25) is 4.90 Å². The molecule has 1 atom stereocenters. The SMILES string of the molecule is C#CC(O)(c1ccccc1)N1CCc2ccccc2C1. The monoisotopic (exact) mass is 263 g/mol. The molecular weight excluding hydrogens is 246 g/mol. The molecule has 0 bridgehead atoms. The second kappa shape index (κ2) is 5.13. The van der Waals surface area contributed by atoms with Crippen molar-refractivity contribution >= 4 is 0 Å². The summed E-state index contributed by atoms with van der Waals surface area (Å²) in [6.45, 7) is 1.43. The second-order valence-electron chi connectivity index (χ2n) is 5.12. The lowest BCUT2D eigenvalue weighted by Gasteiger charge is -2.39. The lowest BCUT2D eigenvalue weighted by Crippen LogP contribution is -2.47. The fraction of sp³-hybridized carbons (Fsp3) is 0.222. The van der Waals surface area contributed by atoms with Crippen molar-refractivity contribution in [3.63, 3.8) is 0 Å². The Labute approximate surface area is 119 Å². The molecule has 0 fully saturated rings. The van der Waals surface area contributed by atoms with E-state index in [-0.39, 0.29) is 0 Å². The highest BCUT2D eigenvalue weighted by molar-refractivity contribution is 5.34. The molecule has 2 nitrogen and oxygen atoms in total. The van der Waals surface area contributed by atoms with Gasteiger partial charge in [0.2, 0.25) is 5.72 Å². The van der Waals surface area contributed by atoms with E-state index in [0.29, 0.717) is 6.54 Å². The zero-order valence-corrected chi connectivity index (χ0v) is 11.3. The molecule has 100 valence electrons. The van der Waals surface area contributed by atoms with Gasteiger partial charge < -0.3 is 5.11 Å². The van der Waals surface area contributed by atoms with Gasteiger partial charge in [0.1, 0.15) is 0 Å². The summed E-state index contributed by atoms with van der Waals surface area (Å²) >= 11 is 0. The Hall–Kier alpha value is -2.08. The van der Waals surface area contributed by atoms with Crippen molar-refractivity contribution in [1.29, 1.82) is 0 Å². The summed E-state index contributed by atoms with van der Waals surface area (Å²) in [6, 6.07) is 17.8. The van der Waals surface area contributed by atoms with E-state index >= 15 is 0 Å². The molecule has 0 saturated heterocycles. The molecule has 1 aliphatic rings. The predicted molar refractivity (Wildman–Crippen MR) is 79.7 cm³/mol. The summed E-state index contributed by atoms with van der Waals surface area (Å²) in [7, 11) is 0. The Morgan fingerprint density at radius 1 is 1.00 bits per heavy atom. The molecule has 2 aromatic carbocycles. The first-order valence-electron chi connectivity index (χ1n) is 6.81. The van der Waals surface area contributed by atoms with Crippen molar-refractivity contribution in [2.75, 3.05) is 6.54 Å². The Morgan fingerprint density at radius 3 is 2.35 bits per heavy atom. The maximum atomic E-state index is 10.9. The number of nitrogens with zero attached hydrogens (tertiary/aromatic N) is 1. The van der Waals surface area contributed by atoms with Gasteiger partial charge >= 0.3 is 0 Å². The number of aliphatic hydroxyl groups is 1. The van der Waals surface area contributed by atoms with Gasteiger partial charge in [-0.2, -0.15) is 0 Å². The Morgan fingerprint density at radius 2 is 1.65 bits per heavy atom. The Kier molecular flexibility index (Phi) is 3.31. The molecule has 2 aromatic rings. The zero-order chi connectivity index (χ0) is 14.0. The Bertz CT molecular complexity index is 644. The van der Waals surface area contributed by atoms with Crippen molar-refractivity contribution in [2.45, 2.75) is 18.7 Å². The van der Waals surface area contributed by atoms with Crippen molar-refractivity contribution in [3.8, 4) is 12.3 Å². The zero-order valence-electron chi connectivity index (χ0n) is 11.3. The smallest absolute Gasteiger partial charge is 0.209 e. The van der Waals surface area contributed by atoms with Crippen LogP contribution in [0.5, 0.6) is 0 Å². The van der Waals surface area contributed by atoms with Gasteiger partial charge in [0.05, 0.1) is 0 Å². The summed E-state index contributed by atoms with van der Waals surface area (Å²) in [6.07, 6.45) is 6.56. The van der Waals surface area contributed by atoms with Crippen LogP contribution in [0.1, 0.15) is 16.7 Å². The minimum Gasteiger partial charge on any atom is -0.361 e. The number of hydrogen-bond donors (Lipinski definition) is 1. The fourth-order valence-electron chi connectivity index (χ4n) is 2.80. The van der Waals surface area contributed by atoms with Gasteiger partial charge in [-0.25, -0.2) is 0 Å². The molecule has 0 amide bonds. The van der Waals surface area contributed by atoms with Gasteiger partial charge in [-0.15, -0.1) is 6.42 Å². The van der Waals surface area contributed by atoms with Crippen molar-refractivity contribution in [2.24, 2.45) is 0 Å². The maximum absolute atomic E-state index is 10.9. The molecule has 1 N–H and O–H groups in total. The molecule has 0 saturated carbocycles. The lowest BCUT2D eigenvalue weighted by molar-refractivity contribution is -0.0739. The molecule has 3 rings (SSSR count). The molecule has 2 heteroatoms. The minimum absolute atomic E-state index is 0.672. The van der Waals surface area contributed by atoms with Crippen LogP contribution in [0.3, 0.4) is 0 Å². The van der Waals surface area contributed by atoms with Gasteiger partial charge in [0.25, 0.3) is 0 Å². The van der Waals surface area contributed by atoms with E-state index in [9.17, 15) is 5.11 Å². The molecule has 1 heterocycles. The number of rotatable bonds is 2. The summed E-state index contributed by atoms with van der Waals surface area (Å²) in [5.74, 6) is 2.58. The van der Waals surface area contributed by atoms with Gasteiger partial charge in [0.15, 0.2) is 0 Å². The molecule has 1 aliphatic heterocycles. The van der Waals surface area contributed by atoms with E-state index in [1.165, 1.54) is 11.1 Å². The number of benzene rings is 2. The van der Waals surface area contributed by atoms with Crippen LogP contribution in [0.2, 0.25) is 0 Å². The molecule has 20 heavy (non-hydrogen) atoms. The van der Waals surface area contributed by atoms with Crippen LogP contribution in [0.25, 0.3) is 0 Å².